The predicted octanol–water partition coefficient (Wildman–Crippen LogP) is -0.435. The Labute approximate surface area is 144 Å². The molecule has 2 amide bonds. The van der Waals surface area contributed by atoms with Crippen LogP contribution in [0.4, 0.5) is 0 Å². The van der Waals surface area contributed by atoms with E-state index in [0.717, 1.165) is 38.8 Å². The smallest absolute Gasteiger partial charge is 0.238 e. The third-order valence-electron chi connectivity index (χ3n) is 5.83. The van der Waals surface area contributed by atoms with Crippen molar-refractivity contribution in [2.24, 2.45) is 0 Å². The second-order valence-corrected chi connectivity index (χ2v) is 7.23. The highest BCUT2D eigenvalue weighted by Gasteiger charge is 2.40. The molecule has 0 spiro atoms. The number of amides is 2. The molecular weight excluding hydrogens is 308 g/mol. The van der Waals surface area contributed by atoms with Crippen molar-refractivity contribution in [2.75, 3.05) is 40.4 Å². The first-order valence-electron chi connectivity index (χ1n) is 9.13. The number of nitrogens with zero attached hydrogens (tertiary/aromatic N) is 2. The number of carbonyl (C=O) groups is 2. The van der Waals surface area contributed by atoms with Crippen LogP contribution < -0.4 is 10.6 Å². The topological polar surface area (TPSA) is 73.9 Å². The Morgan fingerprint density at radius 1 is 1.33 bits per heavy atom. The molecule has 0 aromatic carbocycles. The van der Waals surface area contributed by atoms with Gasteiger partial charge in [0, 0.05) is 38.7 Å². The Bertz CT molecular complexity index is 473. The molecule has 24 heavy (non-hydrogen) atoms. The second kappa shape index (κ2) is 7.80. The van der Waals surface area contributed by atoms with Crippen molar-refractivity contribution in [3.05, 3.63) is 0 Å². The van der Waals surface area contributed by atoms with Gasteiger partial charge in [-0.3, -0.25) is 14.5 Å². The molecule has 2 N–H and O–H groups in total. The summed E-state index contributed by atoms with van der Waals surface area (Å²) >= 11 is 0. The molecule has 3 fully saturated rings. The average Bonchev–Trinajstić information content (AvgIpc) is 3.21. The Morgan fingerprint density at radius 2 is 2.17 bits per heavy atom. The van der Waals surface area contributed by atoms with Gasteiger partial charge < -0.3 is 20.3 Å². The lowest BCUT2D eigenvalue weighted by Gasteiger charge is -2.32. The summed E-state index contributed by atoms with van der Waals surface area (Å²) in [5, 5.41) is 6.32. The van der Waals surface area contributed by atoms with Crippen molar-refractivity contribution >= 4 is 11.8 Å². The summed E-state index contributed by atoms with van der Waals surface area (Å²) in [7, 11) is 3.78. The largest absolute Gasteiger partial charge is 0.383 e. The summed E-state index contributed by atoms with van der Waals surface area (Å²) in [4.78, 5) is 29.1. The molecule has 136 valence electrons. The number of nitrogens with one attached hydrogen (secondary N) is 2. The van der Waals surface area contributed by atoms with Crippen LogP contribution in [0.5, 0.6) is 0 Å². The highest BCUT2D eigenvalue weighted by Crippen LogP contribution is 2.23. The summed E-state index contributed by atoms with van der Waals surface area (Å²) in [6, 6.07) is 0.578. The zero-order chi connectivity index (χ0) is 17.1. The van der Waals surface area contributed by atoms with Crippen LogP contribution >= 0.6 is 0 Å². The first-order valence-corrected chi connectivity index (χ1v) is 9.13. The first kappa shape index (κ1) is 17.6. The molecule has 0 aromatic heterocycles. The molecule has 3 rings (SSSR count). The monoisotopic (exact) mass is 338 g/mol. The summed E-state index contributed by atoms with van der Waals surface area (Å²) in [5.74, 6) is 0.317. The molecule has 7 heteroatoms. The van der Waals surface area contributed by atoms with E-state index < -0.39 is 0 Å². The number of methoxy groups -OCH3 is 1. The Morgan fingerprint density at radius 3 is 2.96 bits per heavy atom. The van der Waals surface area contributed by atoms with E-state index in [0.29, 0.717) is 19.6 Å². The molecule has 3 saturated heterocycles. The molecule has 0 radical (unpaired) electrons. The molecule has 3 heterocycles. The van der Waals surface area contributed by atoms with Gasteiger partial charge in [0.15, 0.2) is 0 Å². The van der Waals surface area contributed by atoms with Crippen molar-refractivity contribution < 1.29 is 14.3 Å². The summed E-state index contributed by atoms with van der Waals surface area (Å²) in [6.45, 7) is 2.98. The first-order chi connectivity index (χ1) is 11.6. The van der Waals surface area contributed by atoms with E-state index in [9.17, 15) is 9.59 Å². The van der Waals surface area contributed by atoms with Crippen molar-refractivity contribution in [2.45, 2.75) is 56.3 Å². The fourth-order valence-corrected chi connectivity index (χ4v) is 4.41. The number of rotatable bonds is 5. The minimum Gasteiger partial charge on any atom is -0.383 e. The van der Waals surface area contributed by atoms with Crippen molar-refractivity contribution in [1.29, 1.82) is 0 Å². The zero-order valence-electron chi connectivity index (χ0n) is 14.8. The van der Waals surface area contributed by atoms with Crippen LogP contribution in [0.15, 0.2) is 0 Å². The fourth-order valence-electron chi connectivity index (χ4n) is 4.41. The van der Waals surface area contributed by atoms with Gasteiger partial charge in [-0.2, -0.15) is 0 Å². The van der Waals surface area contributed by atoms with Gasteiger partial charge in [0.2, 0.25) is 11.8 Å². The van der Waals surface area contributed by atoms with Gasteiger partial charge in [-0.1, -0.05) is 0 Å². The van der Waals surface area contributed by atoms with Crippen LogP contribution in [0.25, 0.3) is 0 Å². The number of likely N-dealkylation sites (N-methyl/N-ethyl adjacent to an activating group) is 1. The molecule has 3 aliphatic heterocycles. The highest BCUT2D eigenvalue weighted by molar-refractivity contribution is 5.83. The summed E-state index contributed by atoms with van der Waals surface area (Å²) in [6.07, 6.45) is 4.41. The van der Waals surface area contributed by atoms with Gasteiger partial charge >= 0.3 is 0 Å². The van der Waals surface area contributed by atoms with Crippen LogP contribution in [0, 0.1) is 0 Å². The Hall–Kier alpha value is -1.18. The Balaban J connectivity index is 1.55. The lowest BCUT2D eigenvalue weighted by molar-refractivity contribution is -0.133. The van der Waals surface area contributed by atoms with Crippen molar-refractivity contribution in [1.82, 2.24) is 20.4 Å². The third kappa shape index (κ3) is 3.58. The fraction of sp³-hybridized carbons (Fsp3) is 0.882. The minimum absolute atomic E-state index is 0.0953. The number of fused-ring (bicyclic) bond motifs is 1. The quantitative estimate of drug-likeness (QED) is 0.711. The SMILES string of the molecule is COCC1CCCN1C(=O)CCC1CNC(=O)C2NCCC2N1C. The van der Waals surface area contributed by atoms with Gasteiger partial charge in [0.05, 0.1) is 12.6 Å². The van der Waals surface area contributed by atoms with E-state index in [1.807, 2.05) is 4.90 Å². The number of likely N-dealkylation sites (tertiary alicyclic amines) is 1. The van der Waals surface area contributed by atoms with E-state index in [2.05, 4.69) is 22.6 Å². The molecule has 0 saturated carbocycles. The van der Waals surface area contributed by atoms with Crippen LogP contribution in [-0.4, -0.2) is 86.2 Å². The van der Waals surface area contributed by atoms with Gasteiger partial charge in [-0.05, 0) is 39.3 Å². The van der Waals surface area contributed by atoms with E-state index in [1.165, 1.54) is 0 Å². The van der Waals surface area contributed by atoms with Gasteiger partial charge in [0.25, 0.3) is 0 Å². The molecule has 4 atom stereocenters. The second-order valence-electron chi connectivity index (χ2n) is 7.23. The van der Waals surface area contributed by atoms with Crippen LogP contribution in [0.3, 0.4) is 0 Å². The highest BCUT2D eigenvalue weighted by atomic mass is 16.5. The summed E-state index contributed by atoms with van der Waals surface area (Å²) in [5.41, 5.74) is 0. The van der Waals surface area contributed by atoms with Gasteiger partial charge in [-0.25, -0.2) is 0 Å². The van der Waals surface area contributed by atoms with Gasteiger partial charge in [0.1, 0.15) is 6.04 Å². The van der Waals surface area contributed by atoms with Crippen LogP contribution in [-0.2, 0) is 14.3 Å². The van der Waals surface area contributed by atoms with Gasteiger partial charge in [-0.15, -0.1) is 0 Å². The van der Waals surface area contributed by atoms with E-state index in [-0.39, 0.29) is 36.0 Å². The Kier molecular flexibility index (Phi) is 5.73. The molecule has 7 nitrogen and oxygen atoms in total. The standard InChI is InChI=1S/C17H30N4O3/c1-20-12(10-19-17(23)16-14(20)7-8-18-16)5-6-15(22)21-9-3-4-13(21)11-24-2/h12-14,16,18H,3-11H2,1-2H3,(H,19,23). The van der Waals surface area contributed by atoms with Crippen molar-refractivity contribution in [3.8, 4) is 0 Å². The summed E-state index contributed by atoms with van der Waals surface area (Å²) < 4.78 is 5.24. The number of hydrogen-bond acceptors (Lipinski definition) is 5. The van der Waals surface area contributed by atoms with Crippen LogP contribution in [0.2, 0.25) is 0 Å². The molecule has 4 unspecified atom stereocenters. The average molecular weight is 338 g/mol. The number of hydrogen-bond donors (Lipinski definition) is 2. The normalized spacial score (nSPS) is 34.1. The molecule has 0 aliphatic carbocycles. The van der Waals surface area contributed by atoms with E-state index >= 15 is 0 Å². The number of ether oxygens (including phenoxy) is 1. The third-order valence-corrected chi connectivity index (χ3v) is 5.83. The van der Waals surface area contributed by atoms with E-state index in [4.69, 9.17) is 4.74 Å². The molecule has 3 aliphatic rings. The van der Waals surface area contributed by atoms with Crippen LogP contribution in [0.1, 0.15) is 32.1 Å². The maximum absolute atomic E-state index is 12.6. The van der Waals surface area contributed by atoms with E-state index in [1.54, 1.807) is 7.11 Å². The predicted molar refractivity (Wildman–Crippen MR) is 90.6 cm³/mol. The zero-order valence-corrected chi connectivity index (χ0v) is 14.8. The molecule has 0 aromatic rings. The number of carbonyl (C=O) groups excluding carboxylic acids is 2. The lowest BCUT2D eigenvalue weighted by Crippen LogP contribution is -2.48. The van der Waals surface area contributed by atoms with Crippen molar-refractivity contribution in [3.63, 3.8) is 0 Å². The minimum atomic E-state index is -0.111. The maximum atomic E-state index is 12.6. The molecule has 0 bridgehead atoms. The maximum Gasteiger partial charge on any atom is 0.238 e. The molecular formula is C17H30N4O3. The lowest BCUT2D eigenvalue weighted by atomic mass is 10.0.